The second-order valence-corrected chi connectivity index (χ2v) is 31.9. The van der Waals surface area contributed by atoms with Crippen LogP contribution in [-0.4, -0.2) is 30.8 Å². The van der Waals surface area contributed by atoms with Crippen molar-refractivity contribution in [1.29, 1.82) is 0 Å². The molecule has 0 bridgehead atoms. The fourth-order valence-electron chi connectivity index (χ4n) is 16.3. The summed E-state index contributed by atoms with van der Waals surface area (Å²) in [7, 11) is 0. The first-order chi connectivity index (χ1) is 64.5. The van der Waals surface area contributed by atoms with E-state index in [0.717, 1.165) is 49.6 Å². The maximum Gasteiger partial charge on any atom is 0.252 e. The second-order valence-electron chi connectivity index (χ2n) is 31.9. The Morgan fingerprint density at radius 3 is 1.26 bits per heavy atom. The summed E-state index contributed by atoms with van der Waals surface area (Å²) in [4.78, 5) is 19.4. The van der Waals surface area contributed by atoms with Crippen LogP contribution in [0.15, 0.2) is 345 Å². The van der Waals surface area contributed by atoms with Gasteiger partial charge in [0.05, 0.1) is 70.7 Å². The predicted molar refractivity (Wildman–Crippen MR) is 477 cm³/mol. The summed E-state index contributed by atoms with van der Waals surface area (Å²) in [6, 6.07) is 51.4. The zero-order chi connectivity index (χ0) is 96.6. The van der Waals surface area contributed by atoms with Crippen molar-refractivity contribution in [1.82, 2.24) is 24.1 Å². The van der Waals surface area contributed by atoms with Crippen molar-refractivity contribution in [3.63, 3.8) is 0 Å². The van der Waals surface area contributed by atoms with Crippen LogP contribution in [0.4, 0.5) is 34.1 Å². The summed E-state index contributed by atoms with van der Waals surface area (Å²) < 4.78 is 223. The third-order valence-corrected chi connectivity index (χ3v) is 21.9. The third-order valence-electron chi connectivity index (χ3n) is 21.9. The molecule has 0 unspecified atom stereocenters. The van der Waals surface area contributed by atoms with Crippen molar-refractivity contribution >= 4 is 101 Å². The van der Waals surface area contributed by atoms with Gasteiger partial charge in [0.2, 0.25) is 0 Å². The van der Waals surface area contributed by atoms with Crippen LogP contribution >= 0.6 is 0 Å². The van der Waals surface area contributed by atoms with Crippen molar-refractivity contribution < 1.29 is 31.5 Å². The van der Waals surface area contributed by atoms with Gasteiger partial charge in [-0.15, -0.1) is 0 Å². The molecule has 20 rings (SSSR count). The highest BCUT2D eigenvalue weighted by Gasteiger charge is 2.46. The monoisotopic (exact) mass is 1480 g/mol. The van der Waals surface area contributed by atoms with E-state index in [1.807, 2.05) is 141 Å². The summed E-state index contributed by atoms with van der Waals surface area (Å²) >= 11 is 0. The number of anilines is 6. The highest BCUT2D eigenvalue weighted by Crippen LogP contribution is 2.54. The molecule has 542 valence electrons. The van der Waals surface area contributed by atoms with E-state index in [2.05, 4.69) is 118 Å². The molecule has 3 aromatic heterocycles. The number of rotatable bonds is 11. The summed E-state index contributed by atoms with van der Waals surface area (Å²) in [6.45, 7) is 18.0. The molecule has 8 heteroatoms. The smallest absolute Gasteiger partial charge is 0.252 e. The molecule has 5 heterocycles. The lowest BCUT2D eigenvalue weighted by atomic mass is 9.33. The number of benzene rings is 15. The van der Waals surface area contributed by atoms with Gasteiger partial charge >= 0.3 is 0 Å². The summed E-state index contributed by atoms with van der Waals surface area (Å²) in [5, 5.41) is 1.53. The maximum atomic E-state index is 10.3. The van der Waals surface area contributed by atoms with E-state index < -0.39 is 174 Å². The van der Waals surface area contributed by atoms with E-state index >= 15 is 0 Å². The normalized spacial score (nSPS) is 15.6. The quantitative estimate of drug-likeness (QED) is 0.121. The minimum absolute atomic E-state index is 0.0313. The van der Waals surface area contributed by atoms with Gasteiger partial charge in [-0.25, -0.2) is 15.0 Å². The molecular weight excluding hydrogens is 1370 g/mol. The van der Waals surface area contributed by atoms with Crippen LogP contribution in [0.3, 0.4) is 0 Å². The molecular formula is C105H84BN7. The summed E-state index contributed by atoms with van der Waals surface area (Å²) in [6.07, 6.45) is 0. The largest absolute Gasteiger partial charge is 0.311 e. The van der Waals surface area contributed by atoms with E-state index in [4.69, 9.17) is 24.5 Å². The molecule has 0 amide bonds. The molecule has 18 aromatic rings. The van der Waals surface area contributed by atoms with Crippen molar-refractivity contribution in [2.75, 3.05) is 9.80 Å². The van der Waals surface area contributed by atoms with Crippen LogP contribution in [-0.2, 0) is 16.2 Å². The molecule has 113 heavy (non-hydrogen) atoms. The predicted octanol–water partition coefficient (Wildman–Crippen LogP) is 25.7. The van der Waals surface area contributed by atoms with Gasteiger partial charge in [-0.1, -0.05) is 317 Å². The van der Waals surface area contributed by atoms with Gasteiger partial charge in [0.25, 0.3) is 6.71 Å². The molecule has 0 aliphatic carbocycles. The lowest BCUT2D eigenvalue weighted by molar-refractivity contribution is 0.590. The van der Waals surface area contributed by atoms with Gasteiger partial charge in [0.15, 0.2) is 17.5 Å². The van der Waals surface area contributed by atoms with Crippen molar-refractivity contribution in [2.24, 2.45) is 0 Å². The number of fused-ring (bicyclic) bond motifs is 10. The van der Waals surface area contributed by atoms with E-state index in [1.54, 1.807) is 24.3 Å². The highest BCUT2D eigenvalue weighted by atomic mass is 15.2. The van der Waals surface area contributed by atoms with E-state index in [-0.39, 0.29) is 77.9 Å². The van der Waals surface area contributed by atoms with Crippen LogP contribution in [0.5, 0.6) is 0 Å². The number of hydrogen-bond acceptors (Lipinski definition) is 5. The number of nitrogens with zero attached hydrogens (tertiary/aromatic N) is 7. The minimum Gasteiger partial charge on any atom is -0.311 e. The number of para-hydroxylation sites is 2. The lowest BCUT2D eigenvalue weighted by Gasteiger charge is -2.46. The van der Waals surface area contributed by atoms with Crippen LogP contribution in [0, 0.1) is 0 Å². The standard InChI is InChI=1S/C105H84BN7/c1-103(2,3)75-50-56-92-84(60-75)85-61-76(104(4,5)6)51-57-93(85)110(92)78-52-54-88-95(64-78)112(91-55-49-73(67-32-16-10-17-33-67)58-82(91)69-36-20-12-21-37-69)96-65-79(111-89-46-30-28-44-80(89)81-45-29-31-47-90(81)111)66-97-98(96)106(88)87-53-48-74(68-34-18-11-19-35-68)59-94(87)113(97)99-83(70-38-22-13-23-39-70)62-77(105(7,8)9)63-86(99)102-108-100(71-40-24-14-25-41-71)107-101(109-102)72-42-26-15-27-43-72/h10-66H,1-9H3/i11D,14D,15D,18D,19D,24D,25D,26D,27D,28D,29D,30D,31D,34D,35D,40D,41D,42D,43D,44D,45D,46D,47D. The Morgan fingerprint density at radius 2 is 0.708 bits per heavy atom. The van der Waals surface area contributed by atoms with Crippen LogP contribution in [0.1, 0.15) is 111 Å². The molecule has 0 radical (unpaired) electrons. The van der Waals surface area contributed by atoms with Gasteiger partial charge in [-0.05, 0) is 174 Å². The highest BCUT2D eigenvalue weighted by molar-refractivity contribution is 7.00. The van der Waals surface area contributed by atoms with Crippen LogP contribution in [0.2, 0.25) is 0 Å². The molecule has 2 aliphatic rings. The summed E-state index contributed by atoms with van der Waals surface area (Å²) in [5.41, 5.74) is 10.1. The van der Waals surface area contributed by atoms with E-state index in [1.165, 1.54) is 4.57 Å². The average molecular weight is 1480 g/mol. The second kappa shape index (κ2) is 26.7. The Bertz CT molecular complexity index is 7970. The molecule has 2 aliphatic heterocycles. The Labute approximate surface area is 693 Å². The first-order valence-electron chi connectivity index (χ1n) is 49.1. The molecule has 7 nitrogen and oxygen atoms in total. The fraction of sp³-hybridized carbons (Fsp3) is 0.114. The van der Waals surface area contributed by atoms with Crippen molar-refractivity contribution in [3.8, 4) is 90.0 Å². The van der Waals surface area contributed by atoms with E-state index in [9.17, 15) is 21.9 Å². The topological polar surface area (TPSA) is 55.0 Å². The van der Waals surface area contributed by atoms with Gasteiger partial charge in [0.1, 0.15) is 0 Å². The molecule has 0 atom stereocenters. The molecule has 15 aromatic carbocycles. The number of hydrogen-bond donors (Lipinski definition) is 0. The fourth-order valence-corrected chi connectivity index (χ4v) is 16.3. The van der Waals surface area contributed by atoms with Crippen molar-refractivity contribution in [2.45, 2.75) is 78.6 Å². The molecule has 0 fully saturated rings. The maximum absolute atomic E-state index is 10.3. The summed E-state index contributed by atoms with van der Waals surface area (Å²) in [5.74, 6) is -1.56. The molecule has 0 N–H and O–H groups in total. The van der Waals surface area contributed by atoms with Crippen molar-refractivity contribution in [3.05, 3.63) is 362 Å². The Balaban J connectivity index is 1.04. The SMILES string of the molecule is [2H]c1c([2H])c([2H])c(-c2ccc3c(c2)N(c2c(-c4ccccc4)cc(C(C)(C)C)cc2-c2nc(-c4c([2H])c([2H])c([2H])c([2H])c4[2H])nc(-c4c([2H])c([2H])c([2H])c([2H])c4[2H])n2)c2cc(-n4c5c([2H])c([2H])c([2H])c([2H])c5c5c([2H])c([2H])c([2H])c([2H])c54)cc4c2B3c2ccc(-n3c5ccc(C(C)(C)C)cc5c5cc(C(C)(C)C)ccc53)cc2N4c2ccc(-c3ccccc3)cc2-c2ccccc2)c([2H])c1[2H]. The Morgan fingerprint density at radius 1 is 0.274 bits per heavy atom. The molecule has 0 spiro atoms. The first-order valence-corrected chi connectivity index (χ1v) is 37.6. The van der Waals surface area contributed by atoms with Gasteiger partial charge < -0.3 is 18.9 Å². The molecule has 0 saturated carbocycles. The van der Waals surface area contributed by atoms with Crippen LogP contribution < -0.4 is 26.2 Å². The Hall–Kier alpha value is -13.4. The van der Waals surface area contributed by atoms with Crippen LogP contribution in [0.25, 0.3) is 134 Å². The minimum atomic E-state index is -1.00. The molecule has 0 saturated heterocycles. The van der Waals surface area contributed by atoms with E-state index in [0.29, 0.717) is 61.4 Å². The zero-order valence-corrected chi connectivity index (χ0v) is 63.3. The zero-order valence-electron chi connectivity index (χ0n) is 86.3. The first kappa shape index (κ1) is 48.3. The third kappa shape index (κ3) is 11.8. The average Bonchev–Trinajstić information content (AvgIpc) is 1.41. The number of aromatic nitrogens is 5. The van der Waals surface area contributed by atoms with Gasteiger partial charge in [-0.3, -0.25) is 0 Å². The Kier molecular flexibility index (Phi) is 11.4. The van der Waals surface area contributed by atoms with Gasteiger partial charge in [-0.2, -0.15) is 0 Å². The van der Waals surface area contributed by atoms with Gasteiger partial charge in [0, 0.05) is 77.8 Å². The lowest BCUT2D eigenvalue weighted by Crippen LogP contribution is -2.61.